The Labute approximate surface area is 54.0 Å². The molecule has 0 saturated heterocycles. The summed E-state index contributed by atoms with van der Waals surface area (Å²) in [6.07, 6.45) is 0.279. The third kappa shape index (κ3) is 7.14. The van der Waals surface area contributed by atoms with Crippen molar-refractivity contribution < 1.29 is 14.3 Å². The standard InChI is InChI=1S/C6H9O3/c1-5(7)3-4-9-6(2)8/h2-4H2,1H3. The van der Waals surface area contributed by atoms with E-state index in [0.717, 1.165) is 0 Å². The van der Waals surface area contributed by atoms with Gasteiger partial charge in [-0.2, -0.15) is 0 Å². The van der Waals surface area contributed by atoms with Gasteiger partial charge in [0.15, 0.2) is 0 Å². The zero-order chi connectivity index (χ0) is 7.28. The summed E-state index contributed by atoms with van der Waals surface area (Å²) in [5.74, 6) is -0.576. The molecule has 0 aromatic heterocycles. The smallest absolute Gasteiger partial charge is 0.306 e. The number of carbonyl (C=O) groups is 2. The summed E-state index contributed by atoms with van der Waals surface area (Å²) in [7, 11) is 0. The van der Waals surface area contributed by atoms with Crippen LogP contribution in [0.1, 0.15) is 13.3 Å². The van der Waals surface area contributed by atoms with Crippen molar-refractivity contribution in [1.82, 2.24) is 0 Å². The Kier molecular flexibility index (Phi) is 3.67. The van der Waals surface area contributed by atoms with Gasteiger partial charge in [0.05, 0.1) is 13.5 Å². The molecule has 0 rings (SSSR count). The zero-order valence-corrected chi connectivity index (χ0v) is 5.35. The van der Waals surface area contributed by atoms with E-state index in [1.807, 2.05) is 0 Å². The van der Waals surface area contributed by atoms with Crippen molar-refractivity contribution in [3.05, 3.63) is 6.92 Å². The number of esters is 1. The maximum absolute atomic E-state index is 10.2. The molecule has 0 aliphatic heterocycles. The lowest BCUT2D eigenvalue weighted by molar-refractivity contribution is -0.138. The lowest BCUT2D eigenvalue weighted by atomic mass is 10.3. The molecule has 0 aliphatic carbocycles. The summed E-state index contributed by atoms with van der Waals surface area (Å²) in [6, 6.07) is 0. The summed E-state index contributed by atoms with van der Waals surface area (Å²) >= 11 is 0. The molecule has 0 saturated carbocycles. The van der Waals surface area contributed by atoms with Crippen LogP contribution in [0, 0.1) is 6.92 Å². The second-order valence-corrected chi connectivity index (χ2v) is 1.67. The Morgan fingerprint density at radius 3 is 2.44 bits per heavy atom. The Morgan fingerprint density at radius 2 is 2.11 bits per heavy atom. The quantitative estimate of drug-likeness (QED) is 0.516. The molecule has 0 aromatic carbocycles. The third-order valence-corrected chi connectivity index (χ3v) is 0.717. The molecular weight excluding hydrogens is 120 g/mol. The summed E-state index contributed by atoms with van der Waals surface area (Å²) in [5.41, 5.74) is 0. The number of carbonyl (C=O) groups excluding carboxylic acids is 2. The van der Waals surface area contributed by atoms with E-state index < -0.39 is 5.97 Å². The van der Waals surface area contributed by atoms with E-state index in [1.165, 1.54) is 6.92 Å². The molecule has 0 fully saturated rings. The highest BCUT2D eigenvalue weighted by molar-refractivity contribution is 5.77. The maximum Gasteiger partial charge on any atom is 0.306 e. The van der Waals surface area contributed by atoms with Crippen LogP contribution >= 0.6 is 0 Å². The van der Waals surface area contributed by atoms with Crippen LogP contribution in [0.3, 0.4) is 0 Å². The SMILES string of the molecule is [CH2]C(=O)OCCC(C)=O. The molecular formula is C6H9O3. The fraction of sp³-hybridized carbons (Fsp3) is 0.500. The molecule has 0 bridgehead atoms. The minimum atomic E-state index is -0.587. The van der Waals surface area contributed by atoms with Crippen LogP contribution in [0.4, 0.5) is 0 Å². The number of rotatable bonds is 3. The predicted molar refractivity (Wildman–Crippen MR) is 31.6 cm³/mol. The van der Waals surface area contributed by atoms with Crippen molar-refractivity contribution in [2.75, 3.05) is 6.61 Å². The van der Waals surface area contributed by atoms with Gasteiger partial charge >= 0.3 is 5.97 Å². The fourth-order valence-corrected chi connectivity index (χ4v) is 0.309. The fourth-order valence-electron chi connectivity index (χ4n) is 0.309. The molecule has 3 heteroatoms. The number of hydrogen-bond donors (Lipinski definition) is 0. The van der Waals surface area contributed by atoms with Crippen molar-refractivity contribution in [3.8, 4) is 0 Å². The van der Waals surface area contributed by atoms with E-state index in [2.05, 4.69) is 11.7 Å². The summed E-state index contributed by atoms with van der Waals surface area (Å²) in [6.45, 7) is 4.55. The van der Waals surface area contributed by atoms with Crippen LogP contribution in [0.15, 0.2) is 0 Å². The van der Waals surface area contributed by atoms with Crippen LogP contribution in [0.25, 0.3) is 0 Å². The van der Waals surface area contributed by atoms with Crippen molar-refractivity contribution in [2.45, 2.75) is 13.3 Å². The molecule has 3 nitrogen and oxygen atoms in total. The van der Waals surface area contributed by atoms with Gasteiger partial charge in [-0.05, 0) is 6.92 Å². The first kappa shape index (κ1) is 8.14. The van der Waals surface area contributed by atoms with Crippen LogP contribution in [-0.4, -0.2) is 18.4 Å². The molecule has 1 radical (unpaired) electrons. The third-order valence-electron chi connectivity index (χ3n) is 0.717. The molecule has 0 aromatic rings. The average Bonchev–Trinajstić information content (AvgIpc) is 1.63. The second-order valence-electron chi connectivity index (χ2n) is 1.67. The van der Waals surface area contributed by atoms with Gasteiger partial charge in [-0.15, -0.1) is 0 Å². The Morgan fingerprint density at radius 1 is 1.56 bits per heavy atom. The van der Waals surface area contributed by atoms with Crippen molar-refractivity contribution >= 4 is 11.8 Å². The number of Topliss-reactive ketones (excluding diaryl/α,β-unsaturated/α-hetero) is 1. The van der Waals surface area contributed by atoms with E-state index in [-0.39, 0.29) is 18.8 Å². The van der Waals surface area contributed by atoms with Crippen molar-refractivity contribution in [1.29, 1.82) is 0 Å². The van der Waals surface area contributed by atoms with Gasteiger partial charge in [0.1, 0.15) is 5.78 Å². The zero-order valence-electron chi connectivity index (χ0n) is 5.35. The Balaban J connectivity index is 3.10. The maximum atomic E-state index is 10.2. The Bertz CT molecular complexity index is 103. The summed E-state index contributed by atoms with van der Waals surface area (Å²) < 4.78 is 4.38. The largest absolute Gasteiger partial charge is 0.465 e. The van der Waals surface area contributed by atoms with Gasteiger partial charge in [-0.1, -0.05) is 0 Å². The predicted octanol–water partition coefficient (Wildman–Crippen LogP) is 0.343. The van der Waals surface area contributed by atoms with Gasteiger partial charge in [-0.3, -0.25) is 9.59 Å². The number of ether oxygens (including phenoxy) is 1. The van der Waals surface area contributed by atoms with Gasteiger partial charge in [0.2, 0.25) is 0 Å². The summed E-state index contributed by atoms with van der Waals surface area (Å²) in [5, 5.41) is 0. The van der Waals surface area contributed by atoms with Crippen LogP contribution in [0.5, 0.6) is 0 Å². The second kappa shape index (κ2) is 4.06. The minimum Gasteiger partial charge on any atom is -0.465 e. The highest BCUT2D eigenvalue weighted by atomic mass is 16.5. The van der Waals surface area contributed by atoms with Crippen LogP contribution < -0.4 is 0 Å². The normalized spacial score (nSPS) is 8.67. The van der Waals surface area contributed by atoms with E-state index in [1.54, 1.807) is 0 Å². The average molecular weight is 129 g/mol. The lowest BCUT2D eigenvalue weighted by Crippen LogP contribution is -2.04. The summed E-state index contributed by atoms with van der Waals surface area (Å²) in [4.78, 5) is 20.2. The van der Waals surface area contributed by atoms with E-state index in [4.69, 9.17) is 0 Å². The van der Waals surface area contributed by atoms with Crippen molar-refractivity contribution in [2.24, 2.45) is 0 Å². The number of ketones is 1. The molecule has 51 valence electrons. The molecule has 9 heavy (non-hydrogen) atoms. The lowest BCUT2D eigenvalue weighted by Gasteiger charge is -1.96. The molecule has 0 atom stereocenters. The molecule has 0 aliphatic rings. The van der Waals surface area contributed by atoms with Gasteiger partial charge < -0.3 is 4.74 Å². The van der Waals surface area contributed by atoms with Crippen LogP contribution in [-0.2, 0) is 14.3 Å². The topological polar surface area (TPSA) is 43.4 Å². The van der Waals surface area contributed by atoms with Gasteiger partial charge in [0.25, 0.3) is 0 Å². The Hall–Kier alpha value is -0.860. The molecule has 0 unspecified atom stereocenters. The first-order valence-electron chi connectivity index (χ1n) is 2.61. The monoisotopic (exact) mass is 129 g/mol. The molecule has 0 N–H and O–H groups in total. The molecule has 0 amide bonds. The van der Waals surface area contributed by atoms with E-state index in [9.17, 15) is 9.59 Å². The molecule has 0 spiro atoms. The first-order chi connectivity index (χ1) is 4.13. The van der Waals surface area contributed by atoms with E-state index >= 15 is 0 Å². The van der Waals surface area contributed by atoms with Gasteiger partial charge in [-0.25, -0.2) is 0 Å². The van der Waals surface area contributed by atoms with Crippen molar-refractivity contribution in [3.63, 3.8) is 0 Å². The van der Waals surface area contributed by atoms with Gasteiger partial charge in [0, 0.05) is 6.42 Å². The highest BCUT2D eigenvalue weighted by Gasteiger charge is 1.94. The molecule has 0 heterocycles. The highest BCUT2D eigenvalue weighted by Crippen LogP contribution is 1.83. The minimum absolute atomic E-state index is 0.0104. The van der Waals surface area contributed by atoms with E-state index in [0.29, 0.717) is 0 Å². The first-order valence-corrected chi connectivity index (χ1v) is 2.61. The number of hydrogen-bond acceptors (Lipinski definition) is 3. The van der Waals surface area contributed by atoms with Crippen LogP contribution in [0.2, 0.25) is 0 Å².